The molecule has 0 saturated carbocycles. The Morgan fingerprint density at radius 1 is 1.31 bits per heavy atom. The number of hydrogen-bond donors (Lipinski definition) is 0. The molecule has 1 aliphatic rings. The summed E-state index contributed by atoms with van der Waals surface area (Å²) < 4.78 is 0. The van der Waals surface area contributed by atoms with Crippen LogP contribution in [-0.2, 0) is 0 Å². The van der Waals surface area contributed by atoms with Gasteiger partial charge in [-0.25, -0.2) is 9.97 Å². The van der Waals surface area contributed by atoms with Crippen LogP contribution in [0.15, 0.2) is 11.3 Å². The van der Waals surface area contributed by atoms with Gasteiger partial charge in [0.15, 0.2) is 0 Å². The Balaban J connectivity index is 2.82. The first-order valence-corrected chi connectivity index (χ1v) is 5.95. The summed E-state index contributed by atoms with van der Waals surface area (Å²) in [5, 5.41) is 2.06. The van der Waals surface area contributed by atoms with E-state index in [2.05, 4.69) is 27.4 Å². The quantitative estimate of drug-likeness (QED) is 0.557. The van der Waals surface area contributed by atoms with Gasteiger partial charge in [-0.3, -0.25) is 4.99 Å². The molecule has 1 aromatic rings. The predicted octanol–water partition coefficient (Wildman–Crippen LogP) is 0.415. The lowest BCUT2D eigenvalue weighted by Gasteiger charge is -1.94. The molecule has 13 heavy (non-hydrogen) atoms. The third-order valence-corrected chi connectivity index (χ3v) is 3.04. The smallest absolute Gasteiger partial charge is 0.116 e. The maximum atomic E-state index is 4.23. The van der Waals surface area contributed by atoms with Crippen LogP contribution in [0.4, 0.5) is 0 Å². The summed E-state index contributed by atoms with van der Waals surface area (Å²) in [4.78, 5) is 12.6. The average Bonchev–Trinajstić information content (AvgIpc) is 2.27. The van der Waals surface area contributed by atoms with Crippen LogP contribution in [0.3, 0.4) is 0 Å². The van der Waals surface area contributed by atoms with Crippen molar-refractivity contribution in [1.29, 1.82) is 0 Å². The van der Waals surface area contributed by atoms with Crippen molar-refractivity contribution in [3.05, 3.63) is 22.6 Å². The molecule has 1 aromatic heterocycles. The summed E-state index contributed by atoms with van der Waals surface area (Å²) in [7, 11) is -0.255. The Morgan fingerprint density at radius 2 is 2.15 bits per heavy atom. The molecule has 4 heteroatoms. The monoisotopic (exact) mass is 191 g/mol. The van der Waals surface area contributed by atoms with Crippen LogP contribution >= 0.6 is 7.92 Å². The highest BCUT2D eigenvalue weighted by molar-refractivity contribution is 7.79. The summed E-state index contributed by atoms with van der Waals surface area (Å²) in [5.74, 6) is 4.13. The molecule has 1 atom stereocenters. The summed E-state index contributed by atoms with van der Waals surface area (Å²) in [6, 6.07) is 0. The molecular formula is C9H10N3P. The van der Waals surface area contributed by atoms with Gasteiger partial charge in [-0.2, -0.15) is 0 Å². The molecule has 2 heterocycles. The van der Waals surface area contributed by atoms with Crippen molar-refractivity contribution in [2.24, 2.45) is 4.99 Å². The highest BCUT2D eigenvalue weighted by atomic mass is 31.1. The summed E-state index contributed by atoms with van der Waals surface area (Å²) in [5.41, 5.74) is 0.990. The molecular weight excluding hydrogens is 181 g/mol. The van der Waals surface area contributed by atoms with Gasteiger partial charge in [-0.05, 0) is 27.3 Å². The summed E-state index contributed by atoms with van der Waals surface area (Å²) >= 11 is 0. The fraction of sp³-hybridized carbons (Fsp3) is 0.222. The van der Waals surface area contributed by atoms with Gasteiger partial charge in [0.2, 0.25) is 0 Å². The fourth-order valence-electron chi connectivity index (χ4n) is 1.20. The van der Waals surface area contributed by atoms with Crippen molar-refractivity contribution < 1.29 is 0 Å². The number of fused-ring (bicyclic) bond motifs is 1. The second-order valence-corrected chi connectivity index (χ2v) is 4.77. The first-order valence-electron chi connectivity index (χ1n) is 4.02. The summed E-state index contributed by atoms with van der Waals surface area (Å²) in [6.07, 6.45) is 3.44. The molecule has 3 nitrogen and oxygen atoms in total. The molecule has 1 unspecified atom stereocenters. The van der Waals surface area contributed by atoms with Crippen LogP contribution in [-0.4, -0.2) is 22.6 Å². The van der Waals surface area contributed by atoms with Crippen molar-refractivity contribution in [2.45, 2.75) is 6.92 Å². The molecule has 0 radical (unpaired) electrons. The van der Waals surface area contributed by atoms with E-state index in [0.717, 1.165) is 16.3 Å². The van der Waals surface area contributed by atoms with Gasteiger partial charge in [0.1, 0.15) is 6.33 Å². The van der Waals surface area contributed by atoms with E-state index in [-0.39, 0.29) is 7.92 Å². The molecule has 0 saturated heterocycles. The lowest BCUT2D eigenvalue weighted by atomic mass is 10.3. The van der Waals surface area contributed by atoms with Crippen LogP contribution < -0.4 is 10.6 Å². The van der Waals surface area contributed by atoms with Crippen LogP contribution in [0.25, 0.3) is 12.0 Å². The second kappa shape index (κ2) is 3.35. The van der Waals surface area contributed by atoms with E-state index in [0.29, 0.717) is 0 Å². The van der Waals surface area contributed by atoms with Crippen LogP contribution in [0.5, 0.6) is 0 Å². The Bertz CT molecular complexity index is 464. The Labute approximate surface area is 77.7 Å². The maximum Gasteiger partial charge on any atom is 0.116 e. The Hall–Kier alpha value is -1.08. The zero-order chi connectivity index (χ0) is 9.26. The molecule has 0 amide bonds. The Morgan fingerprint density at radius 3 is 3.00 bits per heavy atom. The van der Waals surface area contributed by atoms with E-state index in [4.69, 9.17) is 0 Å². The molecule has 0 spiro atoms. The molecule has 0 N–H and O–H groups in total. The zero-order valence-electron chi connectivity index (χ0n) is 7.60. The van der Waals surface area contributed by atoms with E-state index in [1.165, 1.54) is 0 Å². The van der Waals surface area contributed by atoms with Crippen molar-refractivity contribution in [1.82, 2.24) is 9.97 Å². The predicted molar refractivity (Wildman–Crippen MR) is 56.3 cm³/mol. The van der Waals surface area contributed by atoms with Gasteiger partial charge in [-0.15, -0.1) is 0 Å². The van der Waals surface area contributed by atoms with Gasteiger partial charge in [0.25, 0.3) is 0 Å². The maximum absolute atomic E-state index is 4.23. The van der Waals surface area contributed by atoms with Crippen LogP contribution in [0, 0.1) is 6.92 Å². The summed E-state index contributed by atoms with van der Waals surface area (Å²) in [6.45, 7) is 4.13. The molecule has 0 aliphatic carbocycles. The molecule has 0 fully saturated rings. The minimum absolute atomic E-state index is 0.255. The van der Waals surface area contributed by atoms with Crippen LogP contribution in [0.1, 0.15) is 5.69 Å². The zero-order valence-corrected chi connectivity index (χ0v) is 8.49. The van der Waals surface area contributed by atoms with E-state index < -0.39 is 0 Å². The topological polar surface area (TPSA) is 38.1 Å². The third-order valence-electron chi connectivity index (χ3n) is 1.89. The van der Waals surface area contributed by atoms with Crippen LogP contribution in [0.2, 0.25) is 0 Å². The standard InChI is InChI=1S/C9H10N3P/c1-7-8-3-10-6-13(2)4-9(8)12-5-11-7/h3-6H,1-2H3. The molecule has 0 bridgehead atoms. The average molecular weight is 191 g/mol. The molecule has 2 rings (SSSR count). The second-order valence-electron chi connectivity index (χ2n) is 2.95. The Kier molecular flexibility index (Phi) is 2.19. The minimum Gasteiger partial charge on any atom is -0.263 e. The van der Waals surface area contributed by atoms with Gasteiger partial charge < -0.3 is 0 Å². The number of aryl methyl sites for hydroxylation is 1. The number of aromatic nitrogens is 2. The van der Waals surface area contributed by atoms with Crippen molar-refractivity contribution in [3.63, 3.8) is 0 Å². The first kappa shape index (κ1) is 8.52. The highest BCUT2D eigenvalue weighted by Gasteiger charge is 1.98. The third kappa shape index (κ3) is 1.65. The van der Waals surface area contributed by atoms with Gasteiger partial charge in [0, 0.05) is 17.4 Å². The lowest BCUT2D eigenvalue weighted by molar-refractivity contribution is 1.04. The van der Waals surface area contributed by atoms with E-state index >= 15 is 0 Å². The minimum atomic E-state index is -0.255. The van der Waals surface area contributed by atoms with Crippen molar-refractivity contribution in [2.75, 3.05) is 6.66 Å². The highest BCUT2D eigenvalue weighted by Crippen LogP contribution is 2.28. The van der Waals surface area contributed by atoms with E-state index in [9.17, 15) is 0 Å². The van der Waals surface area contributed by atoms with Crippen molar-refractivity contribution in [3.8, 4) is 0 Å². The SMILES string of the molecule is Cc1ncnc2c1=CN=CP(C)C=2. The van der Waals surface area contributed by atoms with E-state index in [1.54, 1.807) is 6.33 Å². The van der Waals surface area contributed by atoms with E-state index in [1.807, 2.05) is 19.1 Å². The molecule has 0 aromatic carbocycles. The normalized spacial score (nSPS) is 19.7. The fourth-order valence-corrected chi connectivity index (χ4v) is 2.14. The number of rotatable bonds is 0. The number of aliphatic imine (C=N–C) groups is 1. The largest absolute Gasteiger partial charge is 0.263 e. The van der Waals surface area contributed by atoms with Gasteiger partial charge in [0.05, 0.1) is 11.0 Å². The molecule has 66 valence electrons. The lowest BCUT2D eigenvalue weighted by Crippen LogP contribution is -2.30. The molecule has 1 aliphatic heterocycles. The first-order chi connectivity index (χ1) is 6.27. The van der Waals surface area contributed by atoms with Gasteiger partial charge >= 0.3 is 0 Å². The van der Waals surface area contributed by atoms with Crippen molar-refractivity contribution >= 4 is 25.9 Å². The number of nitrogens with zero attached hydrogens (tertiary/aromatic N) is 3. The number of hydrogen-bond acceptors (Lipinski definition) is 3. The van der Waals surface area contributed by atoms with Gasteiger partial charge in [-0.1, -0.05) is 0 Å².